The highest BCUT2D eigenvalue weighted by atomic mass is 127. The number of hydrogen-bond donors (Lipinski definition) is 1. The quantitative estimate of drug-likeness (QED) is 0.418. The van der Waals surface area contributed by atoms with Crippen LogP contribution < -0.4 is 5.32 Å². The molecule has 1 unspecified atom stereocenters. The average molecular weight is 449 g/mol. The molecule has 0 radical (unpaired) electrons. The zero-order chi connectivity index (χ0) is 17.9. The first-order valence-corrected chi connectivity index (χ1v) is 9.43. The molecule has 136 valence electrons. The van der Waals surface area contributed by atoms with Gasteiger partial charge in [-0.05, 0) is 54.0 Å². The summed E-state index contributed by atoms with van der Waals surface area (Å²) < 4.78 is 17.4. The van der Waals surface area contributed by atoms with Gasteiger partial charge in [0.05, 0.1) is 0 Å². The van der Waals surface area contributed by atoms with Gasteiger partial charge in [-0.1, -0.05) is 38.5 Å². The average Bonchev–Trinajstić information content (AvgIpc) is 2.56. The van der Waals surface area contributed by atoms with Crippen molar-refractivity contribution in [3.8, 4) is 0 Å². The maximum Gasteiger partial charge on any atom is 0.407 e. The molecule has 0 saturated carbocycles. The van der Waals surface area contributed by atoms with Gasteiger partial charge < -0.3 is 19.5 Å². The highest BCUT2D eigenvalue weighted by molar-refractivity contribution is 14.1. The first-order valence-electron chi connectivity index (χ1n) is 8.35. The van der Waals surface area contributed by atoms with E-state index in [1.165, 1.54) is 0 Å². The lowest BCUT2D eigenvalue weighted by Crippen LogP contribution is -2.38. The molecule has 1 rings (SSSR count). The lowest BCUT2D eigenvalue weighted by atomic mass is 10.1. The number of methoxy groups -OCH3 is 1. The monoisotopic (exact) mass is 449 g/mol. The molecule has 0 aliphatic carbocycles. The normalized spacial score (nSPS) is 14.7. The van der Waals surface area contributed by atoms with Gasteiger partial charge in [-0.2, -0.15) is 0 Å². The predicted molar refractivity (Wildman–Crippen MR) is 103 cm³/mol. The summed E-state index contributed by atoms with van der Waals surface area (Å²) >= 11 is 2.25. The number of alkyl carbamates (subject to hydrolysis) is 1. The number of carbonyl (C=O) groups is 1. The van der Waals surface area contributed by atoms with E-state index in [0.29, 0.717) is 0 Å². The van der Waals surface area contributed by atoms with Crippen molar-refractivity contribution in [3.05, 3.63) is 33.4 Å². The van der Waals surface area contributed by atoms with E-state index in [-0.39, 0.29) is 18.9 Å². The third-order valence-corrected chi connectivity index (χ3v) is 4.73. The third-order valence-electron chi connectivity index (χ3n) is 3.75. The second-order valence-corrected chi connectivity index (χ2v) is 6.83. The molecule has 0 bridgehead atoms. The highest BCUT2D eigenvalue weighted by Crippen LogP contribution is 2.27. The van der Waals surface area contributed by atoms with E-state index < -0.39 is 12.2 Å². The van der Waals surface area contributed by atoms with Crippen LogP contribution >= 0.6 is 22.6 Å². The maximum absolute atomic E-state index is 12.2. The number of amides is 1. The van der Waals surface area contributed by atoms with Crippen molar-refractivity contribution >= 4 is 28.7 Å². The van der Waals surface area contributed by atoms with Crippen LogP contribution in [0.3, 0.4) is 0 Å². The first-order chi connectivity index (χ1) is 11.5. The SMILES string of the molecule is CCCC(CC)NC(=O)O[C@@H](C)[C@@H](OCOC)c1ccccc1I. The van der Waals surface area contributed by atoms with Crippen LogP contribution in [0.4, 0.5) is 4.79 Å². The fourth-order valence-electron chi connectivity index (χ4n) is 2.48. The predicted octanol–water partition coefficient (Wildman–Crippen LogP) is 4.65. The molecule has 1 N–H and O–H groups in total. The zero-order valence-corrected chi connectivity index (χ0v) is 17.0. The van der Waals surface area contributed by atoms with Crippen LogP contribution in [0.1, 0.15) is 51.7 Å². The highest BCUT2D eigenvalue weighted by Gasteiger charge is 2.26. The molecule has 6 heteroatoms. The van der Waals surface area contributed by atoms with Gasteiger partial charge >= 0.3 is 6.09 Å². The van der Waals surface area contributed by atoms with Crippen molar-refractivity contribution < 1.29 is 19.0 Å². The molecule has 1 amide bonds. The van der Waals surface area contributed by atoms with E-state index in [0.717, 1.165) is 28.4 Å². The Morgan fingerprint density at radius 2 is 2.00 bits per heavy atom. The topological polar surface area (TPSA) is 56.8 Å². The van der Waals surface area contributed by atoms with Gasteiger partial charge in [0.2, 0.25) is 0 Å². The van der Waals surface area contributed by atoms with Gasteiger partial charge in [0, 0.05) is 16.7 Å². The number of hydrogen-bond acceptors (Lipinski definition) is 4. The van der Waals surface area contributed by atoms with E-state index >= 15 is 0 Å². The van der Waals surface area contributed by atoms with Gasteiger partial charge in [0.25, 0.3) is 0 Å². The van der Waals surface area contributed by atoms with Crippen molar-refractivity contribution in [1.82, 2.24) is 5.32 Å². The fourth-order valence-corrected chi connectivity index (χ4v) is 3.18. The van der Waals surface area contributed by atoms with E-state index in [1.54, 1.807) is 7.11 Å². The Kier molecular flexibility index (Phi) is 10.3. The summed E-state index contributed by atoms with van der Waals surface area (Å²) in [7, 11) is 1.57. The molecule has 1 aromatic rings. The van der Waals surface area contributed by atoms with Crippen molar-refractivity contribution in [3.63, 3.8) is 0 Å². The Bertz CT molecular complexity index is 498. The second kappa shape index (κ2) is 11.7. The standard InChI is InChI=1S/C18H28INO4/c1-5-9-14(6-2)20-18(21)24-13(3)17(23-12-22-4)15-10-7-8-11-16(15)19/h7-8,10-11,13-14,17H,5-6,9,12H2,1-4H3,(H,20,21)/t13-,14?,17+/m0/s1. The van der Waals surface area contributed by atoms with Crippen molar-refractivity contribution in [2.75, 3.05) is 13.9 Å². The Labute approximate surface area is 158 Å². The van der Waals surface area contributed by atoms with E-state index in [4.69, 9.17) is 14.2 Å². The van der Waals surface area contributed by atoms with Crippen molar-refractivity contribution in [2.24, 2.45) is 0 Å². The lowest BCUT2D eigenvalue weighted by molar-refractivity contribution is -0.112. The molecular formula is C18H28INO4. The summed E-state index contributed by atoms with van der Waals surface area (Å²) in [4.78, 5) is 12.2. The molecule has 0 spiro atoms. The molecule has 24 heavy (non-hydrogen) atoms. The van der Waals surface area contributed by atoms with Crippen molar-refractivity contribution in [2.45, 2.75) is 58.3 Å². The van der Waals surface area contributed by atoms with Crippen LogP contribution in [0, 0.1) is 3.57 Å². The molecule has 5 nitrogen and oxygen atoms in total. The van der Waals surface area contributed by atoms with Gasteiger partial charge in [0.15, 0.2) is 0 Å². The minimum atomic E-state index is -0.435. The molecule has 0 aliphatic heterocycles. The number of ether oxygens (including phenoxy) is 3. The number of benzene rings is 1. The Hall–Kier alpha value is -0.860. The molecule has 0 saturated heterocycles. The summed E-state index contributed by atoms with van der Waals surface area (Å²) in [6, 6.07) is 8.03. The fraction of sp³-hybridized carbons (Fsp3) is 0.611. The number of rotatable bonds is 10. The van der Waals surface area contributed by atoms with Crippen molar-refractivity contribution in [1.29, 1.82) is 0 Å². The molecular weight excluding hydrogens is 421 g/mol. The minimum absolute atomic E-state index is 0.137. The van der Waals surface area contributed by atoms with Gasteiger partial charge in [-0.3, -0.25) is 0 Å². The summed E-state index contributed by atoms with van der Waals surface area (Å²) in [5, 5.41) is 2.93. The first kappa shape index (κ1) is 21.2. The number of nitrogens with one attached hydrogen (secondary N) is 1. The van der Waals surface area contributed by atoms with Crippen LogP contribution in [0.5, 0.6) is 0 Å². The summed E-state index contributed by atoms with van der Waals surface area (Å²) in [5.74, 6) is 0. The Morgan fingerprint density at radius 3 is 2.58 bits per heavy atom. The smallest absolute Gasteiger partial charge is 0.407 e. The molecule has 1 aromatic carbocycles. The van der Waals surface area contributed by atoms with E-state index in [1.807, 2.05) is 31.2 Å². The van der Waals surface area contributed by atoms with Crippen LogP contribution in [0.2, 0.25) is 0 Å². The molecule has 0 fully saturated rings. The third kappa shape index (κ3) is 6.94. The van der Waals surface area contributed by atoms with Crippen LogP contribution in [0.15, 0.2) is 24.3 Å². The Balaban J connectivity index is 2.76. The maximum atomic E-state index is 12.2. The van der Waals surface area contributed by atoms with Crippen LogP contribution in [-0.2, 0) is 14.2 Å². The van der Waals surface area contributed by atoms with Crippen LogP contribution in [-0.4, -0.2) is 32.1 Å². The summed E-state index contributed by atoms with van der Waals surface area (Å²) in [6.45, 7) is 6.13. The summed E-state index contributed by atoms with van der Waals surface area (Å²) in [5.41, 5.74) is 0.982. The number of carbonyl (C=O) groups excluding carboxylic acids is 1. The van der Waals surface area contributed by atoms with Gasteiger partial charge in [-0.15, -0.1) is 0 Å². The molecule has 0 heterocycles. The minimum Gasteiger partial charge on any atom is -0.443 e. The number of halogens is 1. The van der Waals surface area contributed by atoms with E-state index in [9.17, 15) is 4.79 Å². The van der Waals surface area contributed by atoms with Gasteiger partial charge in [0.1, 0.15) is 19.0 Å². The summed E-state index contributed by atoms with van der Waals surface area (Å²) in [6.07, 6.45) is 1.64. The lowest BCUT2D eigenvalue weighted by Gasteiger charge is -2.26. The second-order valence-electron chi connectivity index (χ2n) is 5.66. The van der Waals surface area contributed by atoms with E-state index in [2.05, 4.69) is 41.8 Å². The van der Waals surface area contributed by atoms with Crippen LogP contribution in [0.25, 0.3) is 0 Å². The zero-order valence-electron chi connectivity index (χ0n) is 14.9. The molecule has 3 atom stereocenters. The molecule has 0 aromatic heterocycles. The van der Waals surface area contributed by atoms with Gasteiger partial charge in [-0.25, -0.2) is 4.79 Å². The molecule has 0 aliphatic rings. The largest absolute Gasteiger partial charge is 0.443 e. The Morgan fingerprint density at radius 1 is 1.29 bits per heavy atom.